The van der Waals surface area contributed by atoms with Crippen LogP contribution in [0.2, 0.25) is 0 Å². The number of rotatable bonds is 4. The smallest absolute Gasteiger partial charge is 0.228 e. The number of imidazole rings is 1. The van der Waals surface area contributed by atoms with Gasteiger partial charge in [0.15, 0.2) is 0 Å². The number of nitrogens with zero attached hydrogens (tertiary/aromatic N) is 3. The normalized spacial score (nSPS) is 30.0. The molecule has 5 heteroatoms. The third kappa shape index (κ3) is 2.34. The number of hydrogen-bond acceptors (Lipinski definition) is 3. The number of carbonyl (C=O) groups excluding carboxylic acids is 2. The summed E-state index contributed by atoms with van der Waals surface area (Å²) in [6.45, 7) is 0. The molecule has 2 aromatic rings. The van der Waals surface area contributed by atoms with Gasteiger partial charge < -0.3 is 9.47 Å². The van der Waals surface area contributed by atoms with Crippen LogP contribution in [0.1, 0.15) is 56.6 Å². The lowest BCUT2D eigenvalue weighted by Gasteiger charge is -2.52. The average molecular weight is 377 g/mol. The maximum Gasteiger partial charge on any atom is 0.228 e. The molecule has 1 unspecified atom stereocenters. The molecule has 3 aliphatic carbocycles. The molecule has 2 bridgehead atoms. The van der Waals surface area contributed by atoms with Crippen molar-refractivity contribution in [1.29, 1.82) is 0 Å². The first-order valence-corrected chi connectivity index (χ1v) is 10.3. The Bertz CT molecular complexity index is 934. The molecule has 0 radical (unpaired) electrons. The minimum absolute atomic E-state index is 0.0487. The summed E-state index contributed by atoms with van der Waals surface area (Å²) >= 11 is 0. The number of hydrogen-bond donors (Lipinski definition) is 0. The van der Waals surface area contributed by atoms with E-state index in [4.69, 9.17) is 0 Å². The molecule has 0 saturated heterocycles. The van der Waals surface area contributed by atoms with E-state index in [0.717, 1.165) is 44.2 Å². The van der Waals surface area contributed by atoms with E-state index < -0.39 is 0 Å². The SMILES string of the molecule is CN(C)C(=O)C12CCC(C(=O)CC3c4ccccc4-c4cncn43)(CC1)CC2. The van der Waals surface area contributed by atoms with Crippen molar-refractivity contribution in [3.05, 3.63) is 42.4 Å². The van der Waals surface area contributed by atoms with Crippen molar-refractivity contribution in [2.24, 2.45) is 10.8 Å². The summed E-state index contributed by atoms with van der Waals surface area (Å²) in [6.07, 6.45) is 9.41. The van der Waals surface area contributed by atoms with Gasteiger partial charge in [0.25, 0.3) is 0 Å². The van der Waals surface area contributed by atoms with Gasteiger partial charge in [0.1, 0.15) is 5.78 Å². The maximum atomic E-state index is 13.6. The van der Waals surface area contributed by atoms with E-state index >= 15 is 0 Å². The van der Waals surface area contributed by atoms with Crippen molar-refractivity contribution < 1.29 is 9.59 Å². The molecule has 3 fully saturated rings. The molecule has 28 heavy (non-hydrogen) atoms. The maximum absolute atomic E-state index is 13.6. The quantitative estimate of drug-likeness (QED) is 0.813. The van der Waals surface area contributed by atoms with Crippen LogP contribution in [0, 0.1) is 10.8 Å². The van der Waals surface area contributed by atoms with Gasteiger partial charge in [-0.25, -0.2) is 4.98 Å². The Morgan fingerprint density at radius 2 is 1.71 bits per heavy atom. The molecule has 4 aliphatic rings. The standard InChI is InChI=1S/C23H27N3O2/c1-25(2)21(28)23-10-7-22(8-11-23,9-12-23)20(27)13-18-16-5-3-4-6-17(16)19-14-24-15-26(18)19/h3-6,14-15,18H,7-13H2,1-2H3. The lowest BCUT2D eigenvalue weighted by Crippen LogP contribution is -2.52. The van der Waals surface area contributed by atoms with Crippen LogP contribution in [0.4, 0.5) is 0 Å². The molecule has 146 valence electrons. The second-order valence-corrected chi connectivity index (χ2v) is 9.18. The van der Waals surface area contributed by atoms with Crippen LogP contribution in [0.25, 0.3) is 11.3 Å². The molecule has 1 aromatic carbocycles. The Morgan fingerprint density at radius 3 is 2.39 bits per heavy atom. The molecule has 1 amide bonds. The summed E-state index contributed by atoms with van der Waals surface area (Å²) in [5.74, 6) is 0.625. The summed E-state index contributed by atoms with van der Waals surface area (Å²) < 4.78 is 2.16. The van der Waals surface area contributed by atoms with Crippen LogP contribution < -0.4 is 0 Å². The van der Waals surface area contributed by atoms with E-state index in [1.165, 1.54) is 11.1 Å². The van der Waals surface area contributed by atoms with E-state index in [0.29, 0.717) is 12.2 Å². The zero-order valence-corrected chi connectivity index (χ0v) is 16.6. The third-order valence-electron chi connectivity index (χ3n) is 7.67. The van der Waals surface area contributed by atoms with E-state index in [1.54, 1.807) is 4.90 Å². The minimum atomic E-state index is -0.230. The van der Waals surface area contributed by atoms with E-state index in [2.05, 4.69) is 27.8 Å². The van der Waals surface area contributed by atoms with Gasteiger partial charge in [0, 0.05) is 36.9 Å². The van der Waals surface area contributed by atoms with Crippen LogP contribution in [-0.4, -0.2) is 40.2 Å². The van der Waals surface area contributed by atoms with Gasteiger partial charge in [-0.3, -0.25) is 9.59 Å². The van der Waals surface area contributed by atoms with Gasteiger partial charge in [0.05, 0.1) is 24.3 Å². The highest BCUT2D eigenvalue weighted by molar-refractivity contribution is 5.89. The molecule has 1 aliphatic heterocycles. The predicted octanol–water partition coefficient (Wildman–Crippen LogP) is 3.84. The van der Waals surface area contributed by atoms with Gasteiger partial charge >= 0.3 is 0 Å². The van der Waals surface area contributed by atoms with Crippen molar-refractivity contribution in [3.63, 3.8) is 0 Å². The predicted molar refractivity (Wildman–Crippen MR) is 107 cm³/mol. The molecule has 3 saturated carbocycles. The Morgan fingerprint density at radius 1 is 1.07 bits per heavy atom. The van der Waals surface area contributed by atoms with Gasteiger partial charge in [-0.05, 0) is 44.1 Å². The van der Waals surface area contributed by atoms with Gasteiger partial charge in [-0.15, -0.1) is 0 Å². The Hall–Kier alpha value is -2.43. The molecule has 0 spiro atoms. The highest BCUT2D eigenvalue weighted by Crippen LogP contribution is 2.58. The van der Waals surface area contributed by atoms with Gasteiger partial charge in [-0.1, -0.05) is 24.3 Å². The van der Waals surface area contributed by atoms with Gasteiger partial charge in [0.2, 0.25) is 5.91 Å². The Labute approximate surface area is 165 Å². The van der Waals surface area contributed by atoms with E-state index in [1.807, 2.05) is 32.7 Å². The van der Waals surface area contributed by atoms with Crippen molar-refractivity contribution >= 4 is 11.7 Å². The molecule has 1 aromatic heterocycles. The molecule has 0 N–H and O–H groups in total. The molecule has 1 atom stereocenters. The van der Waals surface area contributed by atoms with Crippen LogP contribution in [0.15, 0.2) is 36.8 Å². The highest BCUT2D eigenvalue weighted by Gasteiger charge is 2.55. The fourth-order valence-corrected chi connectivity index (χ4v) is 5.93. The Balaban J connectivity index is 1.38. The van der Waals surface area contributed by atoms with Crippen molar-refractivity contribution in [3.8, 4) is 11.3 Å². The van der Waals surface area contributed by atoms with Gasteiger partial charge in [-0.2, -0.15) is 0 Å². The first-order valence-electron chi connectivity index (χ1n) is 10.3. The lowest BCUT2D eigenvalue weighted by molar-refractivity contribution is -0.155. The summed E-state index contributed by atoms with van der Waals surface area (Å²) in [5, 5.41) is 0. The molecular formula is C23H27N3O2. The largest absolute Gasteiger partial charge is 0.348 e. The summed E-state index contributed by atoms with van der Waals surface area (Å²) in [7, 11) is 3.69. The van der Waals surface area contributed by atoms with E-state index in [-0.39, 0.29) is 22.8 Å². The van der Waals surface area contributed by atoms with Crippen LogP contribution in [0.5, 0.6) is 0 Å². The zero-order valence-electron chi connectivity index (χ0n) is 16.6. The fraction of sp³-hybridized carbons (Fsp3) is 0.522. The second kappa shape index (κ2) is 6.03. The lowest BCUT2D eigenvalue weighted by atomic mass is 9.51. The van der Waals surface area contributed by atoms with E-state index in [9.17, 15) is 9.59 Å². The monoisotopic (exact) mass is 377 g/mol. The molecule has 6 rings (SSSR count). The zero-order chi connectivity index (χ0) is 19.5. The third-order valence-corrected chi connectivity index (χ3v) is 7.67. The second-order valence-electron chi connectivity index (χ2n) is 9.18. The highest BCUT2D eigenvalue weighted by atomic mass is 16.2. The summed E-state index contributed by atoms with van der Waals surface area (Å²) in [5.41, 5.74) is 3.08. The number of ketones is 1. The number of amides is 1. The summed E-state index contributed by atoms with van der Waals surface area (Å²) in [4.78, 5) is 32.3. The van der Waals surface area contributed by atoms with Crippen LogP contribution in [-0.2, 0) is 9.59 Å². The number of carbonyl (C=O) groups is 2. The average Bonchev–Trinajstić information content (AvgIpc) is 3.31. The van der Waals surface area contributed by atoms with Crippen molar-refractivity contribution in [2.45, 2.75) is 51.0 Å². The van der Waals surface area contributed by atoms with Crippen molar-refractivity contribution in [1.82, 2.24) is 14.5 Å². The number of benzene rings is 1. The fourth-order valence-electron chi connectivity index (χ4n) is 5.93. The molecular weight excluding hydrogens is 350 g/mol. The Kier molecular flexibility index (Phi) is 3.80. The topological polar surface area (TPSA) is 55.2 Å². The first kappa shape index (κ1) is 17.7. The molecule has 2 heterocycles. The first-order chi connectivity index (χ1) is 13.5. The number of fused-ring (bicyclic) bond motifs is 6. The van der Waals surface area contributed by atoms with Crippen molar-refractivity contribution in [2.75, 3.05) is 14.1 Å². The minimum Gasteiger partial charge on any atom is -0.348 e. The van der Waals surface area contributed by atoms with Crippen LogP contribution in [0.3, 0.4) is 0 Å². The summed E-state index contributed by atoms with van der Waals surface area (Å²) in [6, 6.07) is 8.40. The number of aromatic nitrogens is 2. The number of Topliss-reactive ketones (excluding diaryl/α,β-unsaturated/α-hetero) is 1. The molecule has 5 nitrogen and oxygen atoms in total. The van der Waals surface area contributed by atoms with Crippen LogP contribution >= 0.6 is 0 Å².